The van der Waals surface area contributed by atoms with Gasteiger partial charge in [-0.1, -0.05) is 53.7 Å². The maximum atomic E-state index is 14.8. The number of aliphatic imine (C=N–C) groups is 1. The molecule has 2 N–H and O–H groups in total. The molecule has 0 aromatic heterocycles. The molecule has 240 valence electrons. The topological polar surface area (TPSA) is 97.5 Å². The second-order valence-corrected chi connectivity index (χ2v) is 15.7. The van der Waals surface area contributed by atoms with Gasteiger partial charge in [-0.3, -0.25) is 9.69 Å². The van der Waals surface area contributed by atoms with Gasteiger partial charge in [0, 0.05) is 6.54 Å². The van der Waals surface area contributed by atoms with Crippen molar-refractivity contribution in [1.82, 2.24) is 9.80 Å². The number of morpholine rings is 1. The average Bonchev–Trinajstić information content (AvgIpc) is 3.04. The summed E-state index contributed by atoms with van der Waals surface area (Å²) in [5, 5.41) is 0. The van der Waals surface area contributed by atoms with Gasteiger partial charge in [-0.25, -0.2) is 9.79 Å². The number of esters is 1. The molecule has 1 spiro atoms. The number of carbonyl (C=O) groups is 2. The summed E-state index contributed by atoms with van der Waals surface area (Å²) in [6, 6.07) is 7.42. The zero-order valence-corrected chi connectivity index (χ0v) is 28.2. The van der Waals surface area contributed by atoms with E-state index in [-0.39, 0.29) is 34.9 Å². The number of carbonyl (C=O) groups excluding carboxylic acids is 2. The lowest BCUT2D eigenvalue weighted by molar-refractivity contribution is -0.140. The van der Waals surface area contributed by atoms with Gasteiger partial charge in [0.2, 0.25) is 0 Å². The molecule has 4 atom stereocenters. The largest absolute Gasteiger partial charge is 0.459 e. The molecule has 2 aliphatic heterocycles. The normalized spacial score (nSPS) is 26.9. The first kappa shape index (κ1) is 33.4. The van der Waals surface area contributed by atoms with Gasteiger partial charge in [0.25, 0.3) is 5.91 Å². The molecule has 2 heterocycles. The third-order valence-corrected chi connectivity index (χ3v) is 9.63. The Kier molecular flexibility index (Phi) is 9.73. The lowest BCUT2D eigenvalue weighted by Crippen LogP contribution is -2.64. The van der Waals surface area contributed by atoms with Crippen molar-refractivity contribution in [2.45, 2.75) is 131 Å². The summed E-state index contributed by atoms with van der Waals surface area (Å²) in [5.41, 5.74) is 7.22. The highest BCUT2D eigenvalue weighted by Gasteiger charge is 2.57. The first-order valence-corrected chi connectivity index (χ1v) is 16.4. The lowest BCUT2D eigenvalue weighted by Gasteiger charge is -2.48. The van der Waals surface area contributed by atoms with Crippen LogP contribution in [0.4, 0.5) is 0 Å². The van der Waals surface area contributed by atoms with E-state index < -0.39 is 11.3 Å². The number of ether oxygens (including phenoxy) is 2. The van der Waals surface area contributed by atoms with Gasteiger partial charge in [-0.15, -0.1) is 0 Å². The van der Waals surface area contributed by atoms with Crippen LogP contribution in [-0.4, -0.2) is 65.1 Å². The number of amidine groups is 1. The lowest BCUT2D eigenvalue weighted by atomic mass is 9.76. The zero-order valence-electron chi connectivity index (χ0n) is 28.2. The first-order chi connectivity index (χ1) is 20.0. The molecule has 3 aliphatic rings. The first-order valence-electron chi connectivity index (χ1n) is 16.4. The fourth-order valence-corrected chi connectivity index (χ4v) is 7.00. The summed E-state index contributed by atoms with van der Waals surface area (Å²) >= 11 is 0. The quantitative estimate of drug-likeness (QED) is 0.378. The third kappa shape index (κ3) is 7.28. The fourth-order valence-electron chi connectivity index (χ4n) is 7.00. The second kappa shape index (κ2) is 12.5. The van der Waals surface area contributed by atoms with Crippen LogP contribution in [-0.2, 0) is 19.9 Å². The number of nitrogens with zero attached hydrogens (tertiary/aromatic N) is 3. The van der Waals surface area contributed by atoms with Crippen molar-refractivity contribution in [2.24, 2.45) is 27.5 Å². The highest BCUT2D eigenvalue weighted by atomic mass is 16.5. The highest BCUT2D eigenvalue weighted by molar-refractivity contribution is 6.39. The van der Waals surface area contributed by atoms with Crippen molar-refractivity contribution < 1.29 is 19.1 Å². The minimum absolute atomic E-state index is 0.00472. The minimum Gasteiger partial charge on any atom is -0.459 e. The molecule has 8 nitrogen and oxygen atoms in total. The van der Waals surface area contributed by atoms with Crippen LogP contribution in [0.2, 0.25) is 0 Å². The Hall–Kier alpha value is -2.45. The summed E-state index contributed by atoms with van der Waals surface area (Å²) in [6.45, 7) is 21.1. The summed E-state index contributed by atoms with van der Waals surface area (Å²) in [5.74, 6) is 0.602. The Labute approximate surface area is 259 Å². The SMILES string of the molecule is CC(C)OC(=O)c1ccc([C@@](N)(CCC(C)(C)C)N2C(=O)C(N3CCOC[C@@H]3C)=NC23CCCC(C(C)(C)C)CC3)cc1. The Bertz CT molecular complexity index is 1180. The maximum absolute atomic E-state index is 14.8. The Morgan fingerprint density at radius 2 is 1.77 bits per heavy atom. The molecular formula is C35H56N4O4. The van der Waals surface area contributed by atoms with Crippen molar-refractivity contribution in [3.05, 3.63) is 35.4 Å². The van der Waals surface area contributed by atoms with Gasteiger partial charge in [-0.2, -0.15) is 0 Å². The monoisotopic (exact) mass is 596 g/mol. The van der Waals surface area contributed by atoms with Crippen molar-refractivity contribution in [3.8, 4) is 0 Å². The third-order valence-electron chi connectivity index (χ3n) is 9.63. The number of rotatable bonds is 6. The number of hydrogen-bond donors (Lipinski definition) is 1. The molecule has 1 amide bonds. The van der Waals surface area contributed by atoms with E-state index in [1.54, 1.807) is 12.1 Å². The van der Waals surface area contributed by atoms with Crippen molar-refractivity contribution in [1.29, 1.82) is 0 Å². The van der Waals surface area contributed by atoms with Crippen LogP contribution in [0.3, 0.4) is 0 Å². The summed E-state index contributed by atoms with van der Waals surface area (Å²) in [6.07, 6.45) is 5.81. The molecule has 4 rings (SSSR count). The molecule has 2 unspecified atom stereocenters. The summed E-state index contributed by atoms with van der Waals surface area (Å²) < 4.78 is 11.2. The van der Waals surface area contributed by atoms with Gasteiger partial charge in [-0.05, 0) is 100 Å². The smallest absolute Gasteiger partial charge is 0.338 e. The molecule has 1 aromatic carbocycles. The summed E-state index contributed by atoms with van der Waals surface area (Å²) in [7, 11) is 0. The van der Waals surface area contributed by atoms with Gasteiger partial charge >= 0.3 is 5.97 Å². The molecule has 1 saturated heterocycles. The molecule has 8 heteroatoms. The van der Waals surface area contributed by atoms with E-state index in [4.69, 9.17) is 20.2 Å². The van der Waals surface area contributed by atoms with Gasteiger partial charge < -0.3 is 20.1 Å². The molecule has 1 aliphatic carbocycles. The minimum atomic E-state index is -1.12. The van der Waals surface area contributed by atoms with Crippen LogP contribution in [0.1, 0.15) is 123 Å². The Morgan fingerprint density at radius 3 is 2.35 bits per heavy atom. The molecule has 0 radical (unpaired) electrons. The second-order valence-electron chi connectivity index (χ2n) is 15.7. The predicted octanol–water partition coefficient (Wildman–Crippen LogP) is 6.47. The Balaban J connectivity index is 1.82. The number of nitrogens with two attached hydrogens (primary N) is 1. The Morgan fingerprint density at radius 1 is 1.09 bits per heavy atom. The van der Waals surface area contributed by atoms with Gasteiger partial charge in [0.15, 0.2) is 5.84 Å². The number of benzene rings is 1. The highest BCUT2D eigenvalue weighted by Crippen LogP contribution is 2.49. The van der Waals surface area contributed by atoms with Crippen LogP contribution in [0, 0.1) is 16.7 Å². The van der Waals surface area contributed by atoms with Gasteiger partial charge in [0.1, 0.15) is 11.3 Å². The number of hydrogen-bond acceptors (Lipinski definition) is 7. The van der Waals surface area contributed by atoms with E-state index in [9.17, 15) is 9.59 Å². The number of amides is 1. The van der Waals surface area contributed by atoms with Crippen LogP contribution >= 0.6 is 0 Å². The fraction of sp³-hybridized carbons (Fsp3) is 0.743. The molecular weight excluding hydrogens is 540 g/mol. The van der Waals surface area contributed by atoms with E-state index in [1.165, 1.54) is 0 Å². The van der Waals surface area contributed by atoms with E-state index >= 15 is 0 Å². The maximum Gasteiger partial charge on any atom is 0.338 e. The van der Waals surface area contributed by atoms with Crippen molar-refractivity contribution in [3.63, 3.8) is 0 Å². The van der Waals surface area contributed by atoms with E-state index in [1.807, 2.05) is 30.9 Å². The van der Waals surface area contributed by atoms with E-state index in [0.717, 1.165) is 44.1 Å². The van der Waals surface area contributed by atoms with Crippen molar-refractivity contribution >= 4 is 17.7 Å². The molecule has 43 heavy (non-hydrogen) atoms. The van der Waals surface area contributed by atoms with Gasteiger partial charge in [0.05, 0.1) is 30.9 Å². The van der Waals surface area contributed by atoms with Crippen LogP contribution in [0.25, 0.3) is 0 Å². The van der Waals surface area contributed by atoms with Crippen LogP contribution < -0.4 is 5.73 Å². The van der Waals surface area contributed by atoms with Crippen LogP contribution in [0.15, 0.2) is 29.3 Å². The van der Waals surface area contributed by atoms with Crippen molar-refractivity contribution in [2.75, 3.05) is 19.8 Å². The molecule has 0 bridgehead atoms. The molecule has 1 aromatic rings. The zero-order chi connectivity index (χ0) is 31.8. The van der Waals surface area contributed by atoms with E-state index in [2.05, 4.69) is 53.4 Å². The van der Waals surface area contributed by atoms with E-state index in [0.29, 0.717) is 43.5 Å². The standard InChI is InChI=1S/C35H56N4O4/c1-24(2)43-31(41)26-12-14-28(15-13-26)35(36,20-19-32(4,5)6)39-30(40)29(38-21-22-42-23-25(38)3)37-34(39)17-10-11-27(16-18-34)33(7,8)9/h12-15,24-25,27H,10-11,16-23,36H2,1-9H3/t25-,27?,34?,35+/m0/s1. The summed E-state index contributed by atoms with van der Waals surface area (Å²) in [4.78, 5) is 37.0. The average molecular weight is 597 g/mol. The molecule has 2 fully saturated rings. The molecule has 1 saturated carbocycles. The predicted molar refractivity (Wildman–Crippen MR) is 172 cm³/mol. The van der Waals surface area contributed by atoms with Crippen LogP contribution in [0.5, 0.6) is 0 Å².